The first kappa shape index (κ1) is 25.0. The van der Waals surface area contributed by atoms with Gasteiger partial charge in [-0.25, -0.2) is 4.98 Å². The van der Waals surface area contributed by atoms with Crippen LogP contribution in [0, 0.1) is 0 Å². The summed E-state index contributed by atoms with van der Waals surface area (Å²) in [7, 11) is 0. The second-order valence-corrected chi connectivity index (χ2v) is 11.6. The Morgan fingerprint density at radius 3 is 1.89 bits per heavy atom. The van der Waals surface area contributed by atoms with E-state index in [4.69, 9.17) is 18.2 Å². The smallest absolute Gasteiger partial charge is 0.228 e. The number of benzene rings is 7. The van der Waals surface area contributed by atoms with E-state index in [1.54, 1.807) is 0 Å². The Balaban J connectivity index is 1.15. The molecule has 0 unspecified atom stereocenters. The van der Waals surface area contributed by atoms with E-state index >= 15 is 0 Å². The average Bonchev–Trinajstić information content (AvgIpc) is 3.81. The summed E-state index contributed by atoms with van der Waals surface area (Å²) in [6, 6.07) is 49.7. The molecule has 216 valence electrons. The lowest BCUT2D eigenvalue weighted by Crippen LogP contribution is -2.09. The van der Waals surface area contributed by atoms with E-state index in [2.05, 4.69) is 102 Å². The van der Waals surface area contributed by atoms with Crippen LogP contribution in [0.4, 0.5) is 17.1 Å². The van der Waals surface area contributed by atoms with Crippen molar-refractivity contribution in [1.82, 2.24) is 4.98 Å². The van der Waals surface area contributed by atoms with Gasteiger partial charge in [0.15, 0.2) is 5.58 Å². The van der Waals surface area contributed by atoms with Gasteiger partial charge in [0.05, 0.1) is 0 Å². The lowest BCUT2D eigenvalue weighted by molar-refractivity contribution is 0.620. The molecule has 10 rings (SSSR count). The number of para-hydroxylation sites is 3. The van der Waals surface area contributed by atoms with E-state index in [-0.39, 0.29) is 0 Å². The molecule has 3 aromatic heterocycles. The Kier molecular flexibility index (Phi) is 5.22. The third kappa shape index (κ3) is 3.72. The van der Waals surface area contributed by atoms with E-state index in [1.165, 1.54) is 10.8 Å². The molecule has 0 aliphatic carbocycles. The highest BCUT2D eigenvalue weighted by Gasteiger charge is 2.20. The SMILES string of the molecule is c1ccc(N(c2ccc3c(c2)oc2cccc(-c4nc5ccccc5o4)c23)c2ccc3c(c2)oc2ccc4ccccc4c23)cc1. The lowest BCUT2D eigenvalue weighted by atomic mass is 10.0. The molecule has 0 aliphatic rings. The van der Waals surface area contributed by atoms with Gasteiger partial charge in [-0.05, 0) is 77.5 Å². The van der Waals surface area contributed by atoms with Crippen LogP contribution < -0.4 is 4.90 Å². The summed E-state index contributed by atoms with van der Waals surface area (Å²) in [5.41, 5.74) is 8.80. The number of nitrogens with zero attached hydrogens (tertiary/aromatic N) is 2. The molecule has 0 saturated heterocycles. The maximum Gasteiger partial charge on any atom is 0.228 e. The largest absolute Gasteiger partial charge is 0.456 e. The van der Waals surface area contributed by atoms with E-state index in [0.29, 0.717) is 5.89 Å². The Morgan fingerprint density at radius 1 is 0.413 bits per heavy atom. The molecule has 0 radical (unpaired) electrons. The first-order chi connectivity index (χ1) is 22.8. The van der Waals surface area contributed by atoms with Crippen molar-refractivity contribution in [3.63, 3.8) is 0 Å². The zero-order valence-electron chi connectivity index (χ0n) is 24.5. The van der Waals surface area contributed by atoms with Crippen molar-refractivity contribution in [2.45, 2.75) is 0 Å². The molecule has 0 N–H and O–H groups in total. The highest BCUT2D eigenvalue weighted by Crippen LogP contribution is 2.43. The average molecular weight is 593 g/mol. The molecule has 0 bridgehead atoms. The van der Waals surface area contributed by atoms with Crippen LogP contribution in [0.3, 0.4) is 0 Å². The molecule has 0 fully saturated rings. The van der Waals surface area contributed by atoms with Gasteiger partial charge in [0, 0.05) is 56.3 Å². The van der Waals surface area contributed by atoms with Gasteiger partial charge in [-0.3, -0.25) is 0 Å². The fourth-order valence-electron chi connectivity index (χ4n) is 6.82. The molecule has 0 aliphatic heterocycles. The highest BCUT2D eigenvalue weighted by molar-refractivity contribution is 6.19. The number of rotatable bonds is 4. The lowest BCUT2D eigenvalue weighted by Gasteiger charge is -2.25. The number of fused-ring (bicyclic) bond motifs is 9. The molecule has 3 heterocycles. The second kappa shape index (κ2) is 9.58. The third-order valence-corrected chi connectivity index (χ3v) is 8.88. The summed E-state index contributed by atoms with van der Waals surface area (Å²) < 4.78 is 19.1. The molecule has 46 heavy (non-hydrogen) atoms. The fourth-order valence-corrected chi connectivity index (χ4v) is 6.82. The second-order valence-electron chi connectivity index (χ2n) is 11.6. The standard InChI is InChI=1S/C41H24N2O3/c1-2-10-26(11-3-1)43(27-18-20-30-37(23-27)45-36-22-17-25-9-4-5-12-29(25)39(30)36)28-19-21-31-38(24-28)44-35-16-8-13-32(40(31)35)41-42-33-14-6-7-15-34(33)46-41/h1-24H. The molecule has 0 spiro atoms. The monoisotopic (exact) mass is 592 g/mol. The molecule has 10 aromatic rings. The third-order valence-electron chi connectivity index (χ3n) is 8.88. The van der Waals surface area contributed by atoms with Crippen molar-refractivity contribution in [2.75, 3.05) is 4.90 Å². The van der Waals surface area contributed by atoms with Gasteiger partial charge < -0.3 is 18.2 Å². The highest BCUT2D eigenvalue weighted by atomic mass is 16.4. The van der Waals surface area contributed by atoms with Crippen LogP contribution in [0.1, 0.15) is 0 Å². The first-order valence-corrected chi connectivity index (χ1v) is 15.3. The summed E-state index contributed by atoms with van der Waals surface area (Å²) in [6.07, 6.45) is 0. The van der Waals surface area contributed by atoms with Crippen molar-refractivity contribution >= 4 is 82.8 Å². The van der Waals surface area contributed by atoms with Crippen LogP contribution in [0.15, 0.2) is 159 Å². The maximum atomic E-state index is 6.49. The van der Waals surface area contributed by atoms with Crippen molar-refractivity contribution in [3.8, 4) is 11.5 Å². The summed E-state index contributed by atoms with van der Waals surface area (Å²) in [5.74, 6) is 0.580. The molecule has 5 heteroatoms. The number of furan rings is 2. The van der Waals surface area contributed by atoms with E-state index in [0.717, 1.165) is 77.6 Å². The van der Waals surface area contributed by atoms with Gasteiger partial charge in [-0.15, -0.1) is 0 Å². The first-order valence-electron chi connectivity index (χ1n) is 15.3. The zero-order valence-corrected chi connectivity index (χ0v) is 24.5. The molecule has 0 atom stereocenters. The number of oxazole rings is 1. The van der Waals surface area contributed by atoms with Gasteiger partial charge in [-0.1, -0.05) is 66.7 Å². The van der Waals surface area contributed by atoms with Crippen molar-refractivity contribution in [1.29, 1.82) is 0 Å². The van der Waals surface area contributed by atoms with E-state index < -0.39 is 0 Å². The minimum Gasteiger partial charge on any atom is -0.456 e. The molecular weight excluding hydrogens is 568 g/mol. The summed E-state index contributed by atoms with van der Waals surface area (Å²) >= 11 is 0. The molecule has 0 amide bonds. The minimum absolute atomic E-state index is 0.580. The van der Waals surface area contributed by atoms with Gasteiger partial charge in [0.2, 0.25) is 5.89 Å². The Hall–Kier alpha value is -6.33. The van der Waals surface area contributed by atoms with Crippen LogP contribution in [-0.4, -0.2) is 4.98 Å². The van der Waals surface area contributed by atoms with Crippen LogP contribution in [0.25, 0.3) is 77.2 Å². The summed E-state index contributed by atoms with van der Waals surface area (Å²) in [4.78, 5) is 7.01. The van der Waals surface area contributed by atoms with E-state index in [1.807, 2.05) is 48.5 Å². The van der Waals surface area contributed by atoms with Crippen LogP contribution in [-0.2, 0) is 0 Å². The molecule has 0 saturated carbocycles. The van der Waals surface area contributed by atoms with Gasteiger partial charge in [0.1, 0.15) is 27.8 Å². The Morgan fingerprint density at radius 2 is 1.09 bits per heavy atom. The van der Waals surface area contributed by atoms with Gasteiger partial charge in [0.25, 0.3) is 0 Å². The summed E-state index contributed by atoms with van der Waals surface area (Å²) in [5, 5.41) is 6.62. The maximum absolute atomic E-state index is 6.49. The number of anilines is 3. The topological polar surface area (TPSA) is 55.6 Å². The molecular formula is C41H24N2O3. The van der Waals surface area contributed by atoms with Crippen molar-refractivity contribution in [2.24, 2.45) is 0 Å². The number of hydrogen-bond acceptors (Lipinski definition) is 5. The normalized spacial score (nSPS) is 11.9. The predicted molar refractivity (Wildman–Crippen MR) is 186 cm³/mol. The predicted octanol–water partition coefficient (Wildman–Crippen LogP) is 11.9. The summed E-state index contributed by atoms with van der Waals surface area (Å²) in [6.45, 7) is 0. The Labute approximate surface area is 262 Å². The number of aromatic nitrogens is 1. The van der Waals surface area contributed by atoms with Gasteiger partial charge >= 0.3 is 0 Å². The molecule has 7 aromatic carbocycles. The Bertz CT molecular complexity index is 2740. The van der Waals surface area contributed by atoms with Crippen molar-refractivity contribution < 1.29 is 13.3 Å². The zero-order chi connectivity index (χ0) is 30.2. The van der Waals surface area contributed by atoms with E-state index in [9.17, 15) is 0 Å². The molecule has 5 nitrogen and oxygen atoms in total. The van der Waals surface area contributed by atoms with Crippen LogP contribution >= 0.6 is 0 Å². The van der Waals surface area contributed by atoms with Gasteiger partial charge in [-0.2, -0.15) is 0 Å². The fraction of sp³-hybridized carbons (Fsp3) is 0. The quantitative estimate of drug-likeness (QED) is 0.203. The van der Waals surface area contributed by atoms with Crippen LogP contribution in [0.5, 0.6) is 0 Å². The minimum atomic E-state index is 0.580. The number of hydrogen-bond donors (Lipinski definition) is 0. The van der Waals surface area contributed by atoms with Crippen molar-refractivity contribution in [3.05, 3.63) is 146 Å². The van der Waals surface area contributed by atoms with Crippen LogP contribution in [0.2, 0.25) is 0 Å².